The van der Waals surface area contributed by atoms with Gasteiger partial charge >= 0.3 is 0 Å². The van der Waals surface area contributed by atoms with Gasteiger partial charge in [0.25, 0.3) is 0 Å². The van der Waals surface area contributed by atoms with Gasteiger partial charge in [-0.1, -0.05) is 29.3 Å². The van der Waals surface area contributed by atoms with Gasteiger partial charge < -0.3 is 4.74 Å². The van der Waals surface area contributed by atoms with E-state index in [-0.39, 0.29) is 35.9 Å². The Morgan fingerprint density at radius 2 is 1.75 bits per heavy atom. The number of aromatic nitrogens is 2. The number of nitrogens with zero attached hydrogens (tertiary/aromatic N) is 3. The Kier molecular flexibility index (Phi) is 4.09. The summed E-state index contributed by atoms with van der Waals surface area (Å²) < 4.78 is 7.59. The summed E-state index contributed by atoms with van der Waals surface area (Å²) in [6.45, 7) is 4.13. The van der Waals surface area contributed by atoms with Crippen molar-refractivity contribution in [2.45, 2.75) is 45.4 Å². The van der Waals surface area contributed by atoms with Crippen LogP contribution in [-0.2, 0) is 20.9 Å². The number of rotatable bonds is 3. The van der Waals surface area contributed by atoms with E-state index in [1.54, 1.807) is 16.8 Å². The van der Waals surface area contributed by atoms with Crippen molar-refractivity contribution in [2.24, 2.45) is 11.8 Å². The summed E-state index contributed by atoms with van der Waals surface area (Å²) in [4.78, 5) is 27.6. The van der Waals surface area contributed by atoms with Crippen molar-refractivity contribution in [3.8, 4) is 0 Å². The van der Waals surface area contributed by atoms with Crippen LogP contribution in [-0.4, -0.2) is 33.8 Å². The second-order valence-corrected chi connectivity index (χ2v) is 8.61. The Morgan fingerprint density at radius 1 is 1.11 bits per heavy atom. The molecule has 0 saturated carbocycles. The lowest BCUT2D eigenvalue weighted by Gasteiger charge is -2.18. The van der Waals surface area contributed by atoms with E-state index in [0.717, 1.165) is 24.1 Å². The molecule has 4 heterocycles. The molecule has 2 bridgehead atoms. The van der Waals surface area contributed by atoms with E-state index in [4.69, 9.17) is 27.9 Å². The van der Waals surface area contributed by atoms with Crippen LogP contribution < -0.4 is 4.90 Å². The lowest BCUT2D eigenvalue weighted by atomic mass is 9.81. The number of fused-ring (bicyclic) bond motifs is 5. The van der Waals surface area contributed by atoms with E-state index in [2.05, 4.69) is 5.10 Å². The molecule has 3 fully saturated rings. The lowest BCUT2D eigenvalue weighted by molar-refractivity contribution is -0.124. The topological polar surface area (TPSA) is 64.4 Å². The molecule has 146 valence electrons. The Labute approximate surface area is 172 Å². The quantitative estimate of drug-likeness (QED) is 0.713. The van der Waals surface area contributed by atoms with Gasteiger partial charge in [0.1, 0.15) is 0 Å². The minimum absolute atomic E-state index is 0.125. The molecule has 5 rings (SSSR count). The van der Waals surface area contributed by atoms with Crippen molar-refractivity contribution in [1.29, 1.82) is 0 Å². The molecule has 3 saturated heterocycles. The third kappa shape index (κ3) is 2.48. The zero-order valence-corrected chi connectivity index (χ0v) is 17.0. The summed E-state index contributed by atoms with van der Waals surface area (Å²) in [6, 6.07) is 5.32. The van der Waals surface area contributed by atoms with Crippen LogP contribution in [0.3, 0.4) is 0 Å². The normalized spacial score (nSPS) is 28.5. The first kappa shape index (κ1) is 18.2. The number of aryl methyl sites for hydroxylation is 1. The summed E-state index contributed by atoms with van der Waals surface area (Å²) in [7, 11) is 0. The maximum atomic E-state index is 13.1. The molecule has 0 radical (unpaired) electrons. The molecule has 0 spiro atoms. The van der Waals surface area contributed by atoms with Crippen LogP contribution in [0.2, 0.25) is 10.0 Å². The van der Waals surface area contributed by atoms with Gasteiger partial charge in [0, 0.05) is 10.0 Å². The Morgan fingerprint density at radius 3 is 2.36 bits per heavy atom. The van der Waals surface area contributed by atoms with E-state index in [1.165, 1.54) is 4.90 Å². The number of imide groups is 1. The molecule has 3 aliphatic rings. The molecule has 2 aromatic rings. The molecule has 3 aliphatic heterocycles. The summed E-state index contributed by atoms with van der Waals surface area (Å²) >= 11 is 12.3. The van der Waals surface area contributed by atoms with Crippen molar-refractivity contribution in [3.05, 3.63) is 45.2 Å². The van der Waals surface area contributed by atoms with Crippen molar-refractivity contribution in [3.63, 3.8) is 0 Å². The lowest BCUT2D eigenvalue weighted by Crippen LogP contribution is -2.35. The molecular formula is C20H19Cl2N3O3. The van der Waals surface area contributed by atoms with Crippen LogP contribution in [0.1, 0.15) is 29.8 Å². The highest BCUT2D eigenvalue weighted by Crippen LogP contribution is 2.50. The molecule has 1 aromatic heterocycles. The van der Waals surface area contributed by atoms with Crippen LogP contribution >= 0.6 is 23.2 Å². The first-order chi connectivity index (χ1) is 13.4. The van der Waals surface area contributed by atoms with Crippen LogP contribution in [0.15, 0.2) is 18.2 Å². The molecule has 1 aromatic carbocycles. The van der Waals surface area contributed by atoms with Gasteiger partial charge in [-0.2, -0.15) is 5.10 Å². The number of hydrogen-bond acceptors (Lipinski definition) is 4. The number of ether oxygens (including phenoxy) is 1. The number of hydrogen-bond donors (Lipinski definition) is 0. The van der Waals surface area contributed by atoms with E-state index in [1.807, 2.05) is 19.9 Å². The highest BCUT2D eigenvalue weighted by Gasteiger charge is 2.63. The zero-order chi connectivity index (χ0) is 19.7. The van der Waals surface area contributed by atoms with Gasteiger partial charge in [0.2, 0.25) is 11.8 Å². The second-order valence-electron chi connectivity index (χ2n) is 7.77. The SMILES string of the molecule is Cc1nn(Cc2ccc(Cl)cc2Cl)c(C)c1N1C(=O)[C@@H]2[C@@H](C1=O)[C@H]1CC[C@H]2O1. The Hall–Kier alpha value is -1.89. The predicted molar refractivity (Wildman–Crippen MR) is 105 cm³/mol. The predicted octanol–water partition coefficient (Wildman–Crippen LogP) is 3.52. The molecule has 8 heteroatoms. The highest BCUT2D eigenvalue weighted by atomic mass is 35.5. The first-order valence-corrected chi connectivity index (χ1v) is 10.1. The Balaban J connectivity index is 1.50. The zero-order valence-electron chi connectivity index (χ0n) is 15.5. The molecule has 28 heavy (non-hydrogen) atoms. The number of carbonyl (C=O) groups is 2. The van der Waals surface area contributed by atoms with E-state index in [0.29, 0.717) is 28.0 Å². The fraction of sp³-hybridized carbons (Fsp3) is 0.450. The highest BCUT2D eigenvalue weighted by molar-refractivity contribution is 6.35. The smallest absolute Gasteiger partial charge is 0.240 e. The molecule has 2 amide bonds. The van der Waals surface area contributed by atoms with Crippen LogP contribution in [0.5, 0.6) is 0 Å². The molecule has 0 N–H and O–H groups in total. The fourth-order valence-corrected chi connectivity index (χ4v) is 5.38. The van der Waals surface area contributed by atoms with Gasteiger partial charge in [-0.15, -0.1) is 0 Å². The van der Waals surface area contributed by atoms with Crippen molar-refractivity contribution in [2.75, 3.05) is 4.90 Å². The number of benzene rings is 1. The molecule has 0 aliphatic carbocycles. The third-order valence-electron chi connectivity index (χ3n) is 6.19. The van der Waals surface area contributed by atoms with Gasteiger partial charge in [0.15, 0.2) is 0 Å². The minimum atomic E-state index is -0.348. The summed E-state index contributed by atoms with van der Waals surface area (Å²) in [6.07, 6.45) is 1.45. The first-order valence-electron chi connectivity index (χ1n) is 9.38. The molecular weight excluding hydrogens is 401 g/mol. The second kappa shape index (κ2) is 6.31. The standard InChI is InChI=1S/C20H19Cl2N3O3/c1-9-18(10(2)24(23-9)8-11-3-4-12(21)7-13(11)22)25-19(26)16-14-5-6-15(28-14)17(16)20(25)27/h3-4,7,14-17H,5-6,8H2,1-2H3/t14-,15-,16+,17+/m1/s1. The number of halogens is 2. The molecule has 6 nitrogen and oxygen atoms in total. The van der Waals surface area contributed by atoms with Gasteiger partial charge in [-0.05, 0) is 44.4 Å². The fourth-order valence-electron chi connectivity index (χ4n) is 4.91. The van der Waals surface area contributed by atoms with Gasteiger partial charge in [-0.3, -0.25) is 14.3 Å². The average molecular weight is 420 g/mol. The Bertz CT molecular complexity index is 990. The van der Waals surface area contributed by atoms with Crippen LogP contribution in [0.25, 0.3) is 0 Å². The minimum Gasteiger partial charge on any atom is -0.373 e. The maximum absolute atomic E-state index is 13.1. The van der Waals surface area contributed by atoms with Crippen LogP contribution in [0, 0.1) is 25.7 Å². The third-order valence-corrected chi connectivity index (χ3v) is 6.77. The number of amides is 2. The maximum Gasteiger partial charge on any atom is 0.240 e. The van der Waals surface area contributed by atoms with Crippen molar-refractivity contribution < 1.29 is 14.3 Å². The summed E-state index contributed by atoms with van der Waals surface area (Å²) in [5, 5.41) is 5.70. The van der Waals surface area contributed by atoms with Gasteiger partial charge in [0.05, 0.1) is 47.7 Å². The largest absolute Gasteiger partial charge is 0.373 e. The molecule has 0 unspecified atom stereocenters. The van der Waals surface area contributed by atoms with E-state index < -0.39 is 0 Å². The number of anilines is 1. The number of carbonyl (C=O) groups excluding carboxylic acids is 2. The van der Waals surface area contributed by atoms with E-state index in [9.17, 15) is 9.59 Å². The summed E-state index contributed by atoms with van der Waals surface area (Å²) in [5.41, 5.74) is 2.87. The summed E-state index contributed by atoms with van der Waals surface area (Å²) in [5.74, 6) is -1.01. The monoisotopic (exact) mass is 419 g/mol. The van der Waals surface area contributed by atoms with Gasteiger partial charge in [-0.25, -0.2) is 4.90 Å². The molecule has 4 atom stereocenters. The van der Waals surface area contributed by atoms with Crippen molar-refractivity contribution >= 4 is 40.7 Å². The van der Waals surface area contributed by atoms with E-state index >= 15 is 0 Å². The van der Waals surface area contributed by atoms with Crippen molar-refractivity contribution in [1.82, 2.24) is 9.78 Å². The average Bonchev–Trinajstić information content (AvgIpc) is 3.37. The van der Waals surface area contributed by atoms with Crippen LogP contribution in [0.4, 0.5) is 5.69 Å².